The molecule has 0 spiro atoms. The summed E-state index contributed by atoms with van der Waals surface area (Å²) in [5, 5.41) is 9.37. The van der Waals surface area contributed by atoms with E-state index in [4.69, 9.17) is 14.2 Å². The summed E-state index contributed by atoms with van der Waals surface area (Å²) in [6, 6.07) is 1.45. The van der Waals surface area contributed by atoms with Crippen LogP contribution in [0.2, 0.25) is 0 Å². The van der Waals surface area contributed by atoms with Crippen molar-refractivity contribution in [3.05, 3.63) is 35.4 Å². The second-order valence-corrected chi connectivity index (χ2v) is 5.37. The normalized spacial score (nSPS) is 19.6. The Balaban J connectivity index is 2.03. The van der Waals surface area contributed by atoms with Gasteiger partial charge in [0.15, 0.2) is 11.5 Å². The predicted octanol–water partition coefficient (Wildman–Crippen LogP) is 3.14. The molecule has 1 aliphatic carbocycles. The number of benzene rings is 1. The van der Waals surface area contributed by atoms with E-state index in [1.54, 1.807) is 6.08 Å². The third-order valence-electron chi connectivity index (χ3n) is 3.80. The highest BCUT2D eigenvalue weighted by molar-refractivity contribution is 5.95. The number of rotatable bonds is 5. The molecule has 0 amide bonds. The highest BCUT2D eigenvalue weighted by Crippen LogP contribution is 2.45. The molecule has 1 N–H and O–H groups in total. The number of carboxylic acid groups (broad SMARTS) is 1. The van der Waals surface area contributed by atoms with Crippen molar-refractivity contribution in [2.24, 2.45) is 5.92 Å². The van der Waals surface area contributed by atoms with Crippen molar-refractivity contribution < 1.29 is 24.1 Å². The van der Waals surface area contributed by atoms with Crippen LogP contribution in [-0.4, -0.2) is 31.4 Å². The van der Waals surface area contributed by atoms with E-state index in [2.05, 4.69) is 6.08 Å². The average Bonchev–Trinajstić information content (AvgIpc) is 3.35. The van der Waals surface area contributed by atoms with Crippen LogP contribution in [0.4, 0.5) is 0 Å². The quantitative estimate of drug-likeness (QED) is 0.846. The number of ether oxygens (including phenoxy) is 3. The van der Waals surface area contributed by atoms with Gasteiger partial charge in [-0.15, -0.1) is 0 Å². The Bertz CT molecular complexity index is 656. The minimum Gasteiger partial charge on any atom is -0.493 e. The van der Waals surface area contributed by atoms with Crippen molar-refractivity contribution in [1.29, 1.82) is 0 Å². The fourth-order valence-corrected chi connectivity index (χ4v) is 2.46. The molecule has 1 saturated carbocycles. The summed E-state index contributed by atoms with van der Waals surface area (Å²) < 4.78 is 16.5. The third-order valence-corrected chi connectivity index (χ3v) is 3.80. The van der Waals surface area contributed by atoms with Gasteiger partial charge in [0.05, 0.1) is 19.8 Å². The van der Waals surface area contributed by atoms with Crippen LogP contribution in [0, 0.1) is 5.92 Å². The molecule has 1 aromatic rings. The monoisotopic (exact) mass is 302 g/mol. The van der Waals surface area contributed by atoms with Crippen LogP contribution in [0.3, 0.4) is 0 Å². The number of hydrogen-bond donors (Lipinski definition) is 1. The Morgan fingerprint density at radius 3 is 2.68 bits per heavy atom. The number of fused-ring (bicyclic) bond motifs is 1. The first-order valence-corrected chi connectivity index (χ1v) is 7.19. The Kier molecular flexibility index (Phi) is 3.79. The number of hydrogen-bond acceptors (Lipinski definition) is 4. The maximum atomic E-state index is 11.4. The molecule has 2 aliphatic rings. The van der Waals surface area contributed by atoms with Gasteiger partial charge in [-0.2, -0.15) is 0 Å². The topological polar surface area (TPSA) is 65.0 Å². The summed E-state index contributed by atoms with van der Waals surface area (Å²) in [5.41, 5.74) is 0.634. The van der Waals surface area contributed by atoms with Crippen molar-refractivity contribution in [1.82, 2.24) is 0 Å². The second-order valence-electron chi connectivity index (χ2n) is 5.37. The third kappa shape index (κ3) is 2.66. The molecule has 1 atom stereocenters. The number of carbonyl (C=O) groups is 1. The molecule has 1 aliphatic heterocycles. The maximum absolute atomic E-state index is 11.4. The van der Waals surface area contributed by atoms with Crippen molar-refractivity contribution >= 4 is 12.0 Å². The number of carboxylic acids is 1. The van der Waals surface area contributed by atoms with E-state index in [1.807, 2.05) is 12.2 Å². The molecular weight excluding hydrogens is 284 g/mol. The maximum Gasteiger partial charge on any atom is 0.336 e. The molecule has 0 saturated heterocycles. The molecule has 0 radical (unpaired) electrons. The fourth-order valence-electron chi connectivity index (χ4n) is 2.46. The molecule has 5 nitrogen and oxygen atoms in total. The summed E-state index contributed by atoms with van der Waals surface area (Å²) in [4.78, 5) is 11.4. The Hall–Kier alpha value is -2.43. The summed E-state index contributed by atoms with van der Waals surface area (Å²) in [6.45, 7) is 0. The number of allylic oxidation sites excluding steroid dienone is 1. The molecule has 22 heavy (non-hydrogen) atoms. The van der Waals surface area contributed by atoms with Crippen LogP contribution >= 0.6 is 0 Å². The lowest BCUT2D eigenvalue weighted by atomic mass is 10.0. The molecule has 3 rings (SSSR count). The molecule has 1 aromatic carbocycles. The summed E-state index contributed by atoms with van der Waals surface area (Å²) >= 11 is 0. The highest BCUT2D eigenvalue weighted by Gasteiger charge is 2.27. The SMILES string of the molecule is COc1cc(C(=O)O)c2c(c1OC)OC(/C=C/C1CC1)C=C2. The van der Waals surface area contributed by atoms with Crippen LogP contribution in [0.5, 0.6) is 17.2 Å². The van der Waals surface area contributed by atoms with Gasteiger partial charge < -0.3 is 19.3 Å². The molecular formula is C17H18O5. The highest BCUT2D eigenvalue weighted by atomic mass is 16.5. The average molecular weight is 302 g/mol. The van der Waals surface area contributed by atoms with E-state index >= 15 is 0 Å². The first-order chi connectivity index (χ1) is 10.6. The van der Waals surface area contributed by atoms with Gasteiger partial charge in [-0.3, -0.25) is 0 Å². The summed E-state index contributed by atoms with van der Waals surface area (Å²) in [6.07, 6.45) is 9.98. The van der Waals surface area contributed by atoms with Crippen LogP contribution in [0.1, 0.15) is 28.8 Å². The zero-order chi connectivity index (χ0) is 15.7. The first kappa shape index (κ1) is 14.5. The molecule has 116 valence electrons. The number of methoxy groups -OCH3 is 2. The standard InChI is InChI=1S/C17H18O5/c1-20-14-9-13(17(18)19)12-8-7-11(6-5-10-3-4-10)22-15(12)16(14)21-2/h5-11H,3-4H2,1-2H3,(H,18,19)/b6-5+. The lowest BCUT2D eigenvalue weighted by molar-refractivity contribution is 0.0695. The zero-order valence-electron chi connectivity index (χ0n) is 12.5. The van der Waals surface area contributed by atoms with Gasteiger partial charge in [-0.1, -0.05) is 12.2 Å². The fraction of sp³-hybridized carbons (Fsp3) is 0.353. The molecule has 1 unspecified atom stereocenters. The lowest BCUT2D eigenvalue weighted by Crippen LogP contribution is -2.17. The van der Waals surface area contributed by atoms with Gasteiger partial charge in [0, 0.05) is 5.56 Å². The van der Waals surface area contributed by atoms with Crippen LogP contribution in [0.25, 0.3) is 6.08 Å². The van der Waals surface area contributed by atoms with Crippen LogP contribution in [-0.2, 0) is 0 Å². The lowest BCUT2D eigenvalue weighted by Gasteiger charge is -2.23. The number of aromatic carboxylic acids is 1. The van der Waals surface area contributed by atoms with Gasteiger partial charge in [-0.25, -0.2) is 4.79 Å². The van der Waals surface area contributed by atoms with Crippen molar-refractivity contribution in [2.45, 2.75) is 18.9 Å². The largest absolute Gasteiger partial charge is 0.493 e. The molecule has 0 aromatic heterocycles. The van der Waals surface area contributed by atoms with E-state index in [9.17, 15) is 9.90 Å². The van der Waals surface area contributed by atoms with Gasteiger partial charge >= 0.3 is 5.97 Å². The van der Waals surface area contributed by atoms with E-state index in [0.29, 0.717) is 28.7 Å². The first-order valence-electron chi connectivity index (χ1n) is 7.19. The Morgan fingerprint density at radius 1 is 1.32 bits per heavy atom. The zero-order valence-corrected chi connectivity index (χ0v) is 12.5. The Labute approximate surface area is 128 Å². The predicted molar refractivity (Wildman–Crippen MR) is 81.8 cm³/mol. The van der Waals surface area contributed by atoms with Gasteiger partial charge in [-0.05, 0) is 37.0 Å². The molecule has 1 heterocycles. The Morgan fingerprint density at radius 2 is 2.09 bits per heavy atom. The van der Waals surface area contributed by atoms with Gasteiger partial charge in [0.2, 0.25) is 5.75 Å². The van der Waals surface area contributed by atoms with Crippen molar-refractivity contribution in [3.63, 3.8) is 0 Å². The minimum absolute atomic E-state index is 0.133. The van der Waals surface area contributed by atoms with E-state index in [1.165, 1.54) is 33.1 Å². The molecule has 5 heteroatoms. The summed E-state index contributed by atoms with van der Waals surface area (Å²) in [5.74, 6) is 0.792. The minimum atomic E-state index is -1.03. The van der Waals surface area contributed by atoms with Crippen LogP contribution < -0.4 is 14.2 Å². The smallest absolute Gasteiger partial charge is 0.336 e. The van der Waals surface area contributed by atoms with Gasteiger partial charge in [0.25, 0.3) is 0 Å². The van der Waals surface area contributed by atoms with Gasteiger partial charge in [0.1, 0.15) is 6.10 Å². The van der Waals surface area contributed by atoms with Crippen LogP contribution in [0.15, 0.2) is 24.3 Å². The van der Waals surface area contributed by atoms with Crippen molar-refractivity contribution in [2.75, 3.05) is 14.2 Å². The molecule has 0 bridgehead atoms. The van der Waals surface area contributed by atoms with E-state index in [0.717, 1.165) is 0 Å². The second kappa shape index (κ2) is 5.75. The van der Waals surface area contributed by atoms with E-state index < -0.39 is 5.97 Å². The summed E-state index contributed by atoms with van der Waals surface area (Å²) in [7, 11) is 2.98. The van der Waals surface area contributed by atoms with Crippen molar-refractivity contribution in [3.8, 4) is 17.2 Å². The van der Waals surface area contributed by atoms with E-state index in [-0.39, 0.29) is 11.7 Å². The molecule has 1 fully saturated rings.